The maximum Gasteiger partial charge on any atom is 0.317 e. The first-order chi connectivity index (χ1) is 10.3. The molecule has 7 nitrogen and oxygen atoms in total. The predicted molar refractivity (Wildman–Crippen MR) is 81.4 cm³/mol. The third-order valence-electron chi connectivity index (χ3n) is 4.38. The van der Waals surface area contributed by atoms with E-state index in [9.17, 15) is 14.7 Å². The van der Waals surface area contributed by atoms with Crippen LogP contribution < -0.4 is 5.32 Å². The first-order valence-corrected chi connectivity index (χ1v) is 7.56. The SMILES string of the molecule is Cc1c(C(C)NC(=O)N2CC(C)CC(C(=O)O)C2)cnn1C. The molecule has 0 spiro atoms. The maximum absolute atomic E-state index is 12.4. The fraction of sp³-hybridized carbons (Fsp3) is 0.667. The fourth-order valence-corrected chi connectivity index (χ4v) is 2.99. The standard InChI is InChI=1S/C15H24N4O3/c1-9-5-12(14(20)21)8-19(7-9)15(22)17-10(2)13-6-16-18(4)11(13)3/h6,9-10,12H,5,7-8H2,1-4H3,(H,17,22)(H,20,21). The molecule has 0 saturated carbocycles. The Hall–Kier alpha value is -2.05. The highest BCUT2D eigenvalue weighted by atomic mass is 16.4. The van der Waals surface area contributed by atoms with Gasteiger partial charge in [0.1, 0.15) is 0 Å². The minimum atomic E-state index is -0.833. The summed E-state index contributed by atoms with van der Waals surface area (Å²) in [7, 11) is 1.86. The number of nitrogens with zero attached hydrogens (tertiary/aromatic N) is 3. The van der Waals surface area contributed by atoms with Crippen molar-refractivity contribution in [3.63, 3.8) is 0 Å². The van der Waals surface area contributed by atoms with E-state index in [1.165, 1.54) is 0 Å². The van der Waals surface area contributed by atoms with Crippen LogP contribution in [0.5, 0.6) is 0 Å². The normalized spacial score (nSPS) is 23.2. The summed E-state index contributed by atoms with van der Waals surface area (Å²) in [5, 5.41) is 16.3. The van der Waals surface area contributed by atoms with Gasteiger partial charge in [0.25, 0.3) is 0 Å². The van der Waals surface area contributed by atoms with E-state index in [1.807, 2.05) is 27.8 Å². The summed E-state index contributed by atoms with van der Waals surface area (Å²) in [6, 6.07) is -0.379. The number of urea groups is 1. The summed E-state index contributed by atoms with van der Waals surface area (Å²) < 4.78 is 1.77. The molecule has 0 aromatic carbocycles. The highest BCUT2D eigenvalue weighted by Crippen LogP contribution is 2.23. The largest absolute Gasteiger partial charge is 0.481 e. The molecule has 22 heavy (non-hydrogen) atoms. The number of aryl methyl sites for hydroxylation is 1. The molecule has 0 bridgehead atoms. The van der Waals surface area contributed by atoms with Crippen LogP contribution in [0.25, 0.3) is 0 Å². The zero-order chi connectivity index (χ0) is 16.4. The Morgan fingerprint density at radius 3 is 2.68 bits per heavy atom. The molecule has 1 saturated heterocycles. The van der Waals surface area contributed by atoms with Crippen molar-refractivity contribution in [3.05, 3.63) is 17.5 Å². The molecule has 2 heterocycles. The Kier molecular flexibility index (Phi) is 4.73. The van der Waals surface area contributed by atoms with Gasteiger partial charge >= 0.3 is 12.0 Å². The van der Waals surface area contributed by atoms with Gasteiger partial charge in [-0.15, -0.1) is 0 Å². The predicted octanol–water partition coefficient (Wildman–Crippen LogP) is 1.54. The van der Waals surface area contributed by atoms with Crippen LogP contribution in [0.3, 0.4) is 0 Å². The second kappa shape index (κ2) is 6.37. The van der Waals surface area contributed by atoms with Crippen molar-refractivity contribution in [3.8, 4) is 0 Å². The molecular formula is C15H24N4O3. The quantitative estimate of drug-likeness (QED) is 0.886. The molecule has 2 amide bonds. The van der Waals surface area contributed by atoms with E-state index in [0.29, 0.717) is 13.0 Å². The van der Waals surface area contributed by atoms with Gasteiger partial charge in [0.2, 0.25) is 0 Å². The average molecular weight is 308 g/mol. The van der Waals surface area contributed by atoms with Crippen molar-refractivity contribution in [1.82, 2.24) is 20.0 Å². The highest BCUT2D eigenvalue weighted by Gasteiger charge is 2.32. The lowest BCUT2D eigenvalue weighted by atomic mass is 9.91. The van der Waals surface area contributed by atoms with Gasteiger partial charge in [-0.1, -0.05) is 6.92 Å². The second-order valence-corrected chi connectivity index (χ2v) is 6.26. The molecule has 1 aliphatic rings. The Bertz CT molecular complexity index is 569. The van der Waals surface area contributed by atoms with Crippen molar-refractivity contribution in [1.29, 1.82) is 0 Å². The number of aromatic nitrogens is 2. The maximum atomic E-state index is 12.4. The lowest BCUT2D eigenvalue weighted by Crippen LogP contribution is -2.49. The lowest BCUT2D eigenvalue weighted by molar-refractivity contribution is -0.143. The number of aliphatic carboxylic acids is 1. The van der Waals surface area contributed by atoms with Gasteiger partial charge in [0.15, 0.2) is 0 Å². The molecule has 122 valence electrons. The highest BCUT2D eigenvalue weighted by molar-refractivity contribution is 5.77. The number of likely N-dealkylation sites (tertiary alicyclic amines) is 1. The van der Waals surface area contributed by atoms with E-state index >= 15 is 0 Å². The Balaban J connectivity index is 2.02. The summed E-state index contributed by atoms with van der Waals surface area (Å²) in [5.74, 6) is -1.12. The molecule has 1 aliphatic heterocycles. The van der Waals surface area contributed by atoms with Gasteiger partial charge in [0.05, 0.1) is 18.2 Å². The van der Waals surface area contributed by atoms with E-state index < -0.39 is 11.9 Å². The number of rotatable bonds is 3. The first-order valence-electron chi connectivity index (χ1n) is 7.56. The molecule has 3 unspecified atom stereocenters. The molecule has 2 rings (SSSR count). The molecule has 1 aromatic heterocycles. The molecule has 1 fully saturated rings. The zero-order valence-electron chi connectivity index (χ0n) is 13.5. The number of nitrogens with one attached hydrogen (secondary N) is 1. The summed E-state index contributed by atoms with van der Waals surface area (Å²) in [5.41, 5.74) is 1.97. The van der Waals surface area contributed by atoms with E-state index in [4.69, 9.17) is 0 Å². The van der Waals surface area contributed by atoms with Crippen molar-refractivity contribution < 1.29 is 14.7 Å². The van der Waals surface area contributed by atoms with Crippen LogP contribution in [0.2, 0.25) is 0 Å². The van der Waals surface area contributed by atoms with Gasteiger partial charge in [-0.25, -0.2) is 4.79 Å². The van der Waals surface area contributed by atoms with Gasteiger partial charge in [-0.05, 0) is 26.2 Å². The van der Waals surface area contributed by atoms with Crippen LogP contribution in [-0.2, 0) is 11.8 Å². The number of hydrogen-bond acceptors (Lipinski definition) is 3. The van der Waals surface area contributed by atoms with E-state index in [2.05, 4.69) is 10.4 Å². The number of hydrogen-bond donors (Lipinski definition) is 2. The summed E-state index contributed by atoms with van der Waals surface area (Å²) in [6.07, 6.45) is 2.37. The van der Waals surface area contributed by atoms with Gasteiger partial charge in [-0.3, -0.25) is 9.48 Å². The van der Waals surface area contributed by atoms with Gasteiger partial charge in [-0.2, -0.15) is 5.10 Å². The number of carbonyl (C=O) groups excluding carboxylic acids is 1. The summed E-state index contributed by atoms with van der Waals surface area (Å²) in [6.45, 7) is 6.70. The molecular weight excluding hydrogens is 284 g/mol. The minimum Gasteiger partial charge on any atom is -0.481 e. The molecule has 2 N–H and O–H groups in total. The minimum absolute atomic E-state index is 0.165. The van der Waals surface area contributed by atoms with Crippen LogP contribution in [0.15, 0.2) is 6.20 Å². The van der Waals surface area contributed by atoms with E-state index in [1.54, 1.807) is 15.8 Å². The van der Waals surface area contributed by atoms with Crippen LogP contribution in [0.4, 0.5) is 4.79 Å². The molecule has 3 atom stereocenters. The van der Waals surface area contributed by atoms with E-state index in [0.717, 1.165) is 11.3 Å². The second-order valence-electron chi connectivity index (χ2n) is 6.26. The Morgan fingerprint density at radius 1 is 1.45 bits per heavy atom. The molecule has 7 heteroatoms. The Morgan fingerprint density at radius 2 is 2.14 bits per heavy atom. The Labute approximate surface area is 130 Å². The van der Waals surface area contributed by atoms with Crippen LogP contribution in [-0.4, -0.2) is 44.9 Å². The monoisotopic (exact) mass is 308 g/mol. The molecule has 1 aromatic rings. The average Bonchev–Trinajstić information content (AvgIpc) is 2.78. The zero-order valence-corrected chi connectivity index (χ0v) is 13.5. The number of carboxylic acid groups (broad SMARTS) is 1. The van der Waals surface area contributed by atoms with Crippen LogP contribution >= 0.6 is 0 Å². The van der Waals surface area contributed by atoms with Crippen molar-refractivity contribution in [2.45, 2.75) is 33.2 Å². The third-order valence-corrected chi connectivity index (χ3v) is 4.38. The lowest BCUT2D eigenvalue weighted by Gasteiger charge is -2.35. The number of amides is 2. The van der Waals surface area contributed by atoms with Gasteiger partial charge < -0.3 is 15.3 Å². The van der Waals surface area contributed by atoms with Crippen molar-refractivity contribution in [2.75, 3.05) is 13.1 Å². The van der Waals surface area contributed by atoms with E-state index in [-0.39, 0.29) is 24.5 Å². The number of carbonyl (C=O) groups is 2. The van der Waals surface area contributed by atoms with Crippen molar-refractivity contribution in [2.24, 2.45) is 18.9 Å². The van der Waals surface area contributed by atoms with Crippen molar-refractivity contribution >= 4 is 12.0 Å². The number of carboxylic acids is 1. The van der Waals surface area contributed by atoms with Crippen LogP contribution in [0.1, 0.15) is 37.6 Å². The summed E-state index contributed by atoms with van der Waals surface area (Å²) >= 11 is 0. The smallest absolute Gasteiger partial charge is 0.317 e. The number of piperidine rings is 1. The molecule has 0 radical (unpaired) electrons. The summed E-state index contributed by atoms with van der Waals surface area (Å²) in [4.78, 5) is 25.2. The van der Waals surface area contributed by atoms with Crippen LogP contribution in [0, 0.1) is 18.8 Å². The third kappa shape index (κ3) is 3.40. The topological polar surface area (TPSA) is 87.5 Å². The molecule has 0 aliphatic carbocycles. The van der Waals surface area contributed by atoms with Gasteiger partial charge in [0, 0.05) is 31.4 Å². The fourth-order valence-electron chi connectivity index (χ4n) is 2.99. The first kappa shape index (κ1) is 16.3.